The van der Waals surface area contributed by atoms with Crippen molar-refractivity contribution < 1.29 is 17.6 Å². The lowest BCUT2D eigenvalue weighted by Gasteiger charge is -2.06. The molecule has 27 heavy (non-hydrogen) atoms. The monoisotopic (exact) mass is 426 g/mol. The molecule has 1 aromatic heterocycles. The van der Waals surface area contributed by atoms with Gasteiger partial charge in [-0.1, -0.05) is 29.8 Å². The molecule has 0 saturated heterocycles. The minimum atomic E-state index is -3.54. The predicted octanol–water partition coefficient (Wildman–Crippen LogP) is 4.88. The Morgan fingerprint density at radius 2 is 1.85 bits per heavy atom. The van der Waals surface area contributed by atoms with Crippen LogP contribution >= 0.6 is 22.9 Å². The van der Waals surface area contributed by atoms with Crippen molar-refractivity contribution in [3.05, 3.63) is 76.4 Å². The maximum atomic E-state index is 12.5. The smallest absolute Gasteiger partial charge is 0.271 e. The number of halogens is 2. The van der Waals surface area contributed by atoms with E-state index < -0.39 is 10.0 Å². The van der Waals surface area contributed by atoms with Crippen molar-refractivity contribution in [3.63, 3.8) is 0 Å². The summed E-state index contributed by atoms with van der Waals surface area (Å²) >= 11 is 6.62. The highest BCUT2D eigenvalue weighted by atomic mass is 35.5. The standard InChI is InChI=1S/C11H9NO3S2.C7H7ClFN/c13-8-9-3-1-4-10(7-9)12-17(14,15)11-5-2-6-16-11;1-10-5-2-3-7(9)6(8)4-5/h1-8,12H;2-4,10H,1H3. The highest BCUT2D eigenvalue weighted by Crippen LogP contribution is 2.20. The highest BCUT2D eigenvalue weighted by Gasteiger charge is 2.14. The molecule has 0 radical (unpaired) electrons. The summed E-state index contributed by atoms with van der Waals surface area (Å²) in [6, 6.07) is 14.0. The Kier molecular flexibility index (Phi) is 7.35. The van der Waals surface area contributed by atoms with Gasteiger partial charge in [-0.2, -0.15) is 0 Å². The number of nitrogens with one attached hydrogen (secondary N) is 2. The largest absolute Gasteiger partial charge is 0.388 e. The zero-order valence-corrected chi connectivity index (χ0v) is 16.5. The Morgan fingerprint density at radius 3 is 2.44 bits per heavy atom. The van der Waals surface area contributed by atoms with Crippen LogP contribution in [0.2, 0.25) is 5.02 Å². The number of benzene rings is 2. The first-order valence-corrected chi connectivity index (χ1v) is 10.3. The van der Waals surface area contributed by atoms with Gasteiger partial charge in [-0.05, 0) is 41.8 Å². The molecule has 0 amide bonds. The molecule has 0 bridgehead atoms. The topological polar surface area (TPSA) is 75.3 Å². The van der Waals surface area contributed by atoms with Crippen LogP contribution in [0.25, 0.3) is 0 Å². The Hall–Kier alpha value is -2.42. The van der Waals surface area contributed by atoms with E-state index in [1.165, 1.54) is 24.3 Å². The van der Waals surface area contributed by atoms with Gasteiger partial charge in [-0.15, -0.1) is 11.3 Å². The van der Waals surface area contributed by atoms with Gasteiger partial charge in [-0.25, -0.2) is 12.8 Å². The minimum Gasteiger partial charge on any atom is -0.388 e. The Balaban J connectivity index is 0.000000223. The molecule has 0 atom stereocenters. The van der Waals surface area contributed by atoms with E-state index in [1.54, 1.807) is 42.8 Å². The third-order valence-electron chi connectivity index (χ3n) is 3.24. The van der Waals surface area contributed by atoms with Crippen LogP contribution in [0.1, 0.15) is 10.4 Å². The van der Waals surface area contributed by atoms with E-state index >= 15 is 0 Å². The summed E-state index contributed by atoms with van der Waals surface area (Å²) in [4.78, 5) is 10.6. The molecule has 9 heteroatoms. The van der Waals surface area contributed by atoms with Crippen LogP contribution < -0.4 is 10.0 Å². The van der Waals surface area contributed by atoms with Crippen LogP contribution in [0.4, 0.5) is 15.8 Å². The number of carbonyl (C=O) groups is 1. The molecule has 0 spiro atoms. The number of sulfonamides is 1. The summed E-state index contributed by atoms with van der Waals surface area (Å²) < 4.78 is 38.9. The molecule has 0 aliphatic rings. The molecule has 5 nitrogen and oxygen atoms in total. The highest BCUT2D eigenvalue weighted by molar-refractivity contribution is 7.94. The van der Waals surface area contributed by atoms with Crippen molar-refractivity contribution in [2.45, 2.75) is 4.21 Å². The van der Waals surface area contributed by atoms with Crippen molar-refractivity contribution in [3.8, 4) is 0 Å². The Labute approximate surface area is 165 Å². The molecule has 1 heterocycles. The van der Waals surface area contributed by atoms with Gasteiger partial charge in [0, 0.05) is 24.0 Å². The molecular formula is C18H16ClFN2O3S2. The van der Waals surface area contributed by atoms with Gasteiger partial charge in [0.05, 0.1) is 5.02 Å². The lowest BCUT2D eigenvalue weighted by Crippen LogP contribution is -2.11. The first kappa shape index (κ1) is 20.9. The van der Waals surface area contributed by atoms with Crippen LogP contribution in [0.15, 0.2) is 64.2 Å². The fourth-order valence-electron chi connectivity index (χ4n) is 1.95. The molecule has 3 aromatic rings. The molecule has 0 saturated carbocycles. The predicted molar refractivity (Wildman–Crippen MR) is 108 cm³/mol. The number of hydrogen-bond acceptors (Lipinski definition) is 5. The van der Waals surface area contributed by atoms with Gasteiger partial charge in [0.2, 0.25) is 0 Å². The number of anilines is 2. The van der Waals surface area contributed by atoms with Crippen molar-refractivity contribution in [2.24, 2.45) is 0 Å². The number of carbonyl (C=O) groups excluding carboxylic acids is 1. The molecule has 0 unspecified atom stereocenters. The molecule has 2 N–H and O–H groups in total. The summed E-state index contributed by atoms with van der Waals surface area (Å²) in [5, 5.41) is 4.68. The summed E-state index contributed by atoms with van der Waals surface area (Å²) in [7, 11) is -1.79. The maximum Gasteiger partial charge on any atom is 0.271 e. The second-order valence-electron chi connectivity index (χ2n) is 5.16. The SMILES string of the molecule is CNc1ccc(F)c(Cl)c1.O=Cc1cccc(NS(=O)(=O)c2cccs2)c1. The van der Waals surface area contributed by atoms with Crippen molar-refractivity contribution >= 4 is 50.6 Å². The zero-order chi connectivity index (χ0) is 19.9. The van der Waals surface area contributed by atoms with Crippen molar-refractivity contribution in [1.82, 2.24) is 0 Å². The Morgan fingerprint density at radius 1 is 1.07 bits per heavy atom. The lowest BCUT2D eigenvalue weighted by molar-refractivity contribution is 0.112. The normalized spacial score (nSPS) is 10.5. The molecule has 3 rings (SSSR count). The maximum absolute atomic E-state index is 12.5. The van der Waals surface area contributed by atoms with E-state index in [2.05, 4.69) is 10.0 Å². The van der Waals surface area contributed by atoms with Crippen LogP contribution in [0, 0.1) is 5.82 Å². The van der Waals surface area contributed by atoms with E-state index in [1.807, 2.05) is 0 Å². The summed E-state index contributed by atoms with van der Waals surface area (Å²) in [6.07, 6.45) is 0.670. The van der Waals surface area contributed by atoms with E-state index in [-0.39, 0.29) is 15.0 Å². The molecular weight excluding hydrogens is 411 g/mol. The summed E-state index contributed by atoms with van der Waals surface area (Å²) in [5.41, 5.74) is 1.62. The number of thiophene rings is 1. The third-order valence-corrected chi connectivity index (χ3v) is 6.31. The fraction of sp³-hybridized carbons (Fsp3) is 0.0556. The van der Waals surface area contributed by atoms with Gasteiger partial charge in [0.1, 0.15) is 16.3 Å². The van der Waals surface area contributed by atoms with Crippen molar-refractivity contribution in [1.29, 1.82) is 0 Å². The quantitative estimate of drug-likeness (QED) is 0.570. The van der Waals surface area contributed by atoms with Gasteiger partial charge in [0.15, 0.2) is 0 Å². The van der Waals surface area contributed by atoms with Gasteiger partial charge in [0.25, 0.3) is 10.0 Å². The zero-order valence-electron chi connectivity index (χ0n) is 14.1. The van der Waals surface area contributed by atoms with E-state index in [0.717, 1.165) is 17.0 Å². The van der Waals surface area contributed by atoms with E-state index in [4.69, 9.17) is 11.6 Å². The van der Waals surface area contributed by atoms with Crippen LogP contribution in [0.5, 0.6) is 0 Å². The molecule has 2 aromatic carbocycles. The number of aldehydes is 1. The molecule has 0 fully saturated rings. The number of hydrogen-bond donors (Lipinski definition) is 2. The van der Waals surface area contributed by atoms with Crippen LogP contribution in [-0.2, 0) is 10.0 Å². The van der Waals surface area contributed by atoms with Crippen molar-refractivity contribution in [2.75, 3.05) is 17.1 Å². The second-order valence-corrected chi connectivity index (χ2v) is 8.42. The van der Waals surface area contributed by atoms with Gasteiger partial charge < -0.3 is 5.32 Å². The average molecular weight is 427 g/mol. The van der Waals surface area contributed by atoms with E-state index in [0.29, 0.717) is 17.5 Å². The average Bonchev–Trinajstić information content (AvgIpc) is 3.20. The summed E-state index contributed by atoms with van der Waals surface area (Å²) in [6.45, 7) is 0. The van der Waals surface area contributed by atoms with Gasteiger partial charge in [-0.3, -0.25) is 9.52 Å². The molecule has 0 aliphatic carbocycles. The first-order valence-electron chi connectivity index (χ1n) is 7.60. The van der Waals surface area contributed by atoms with E-state index in [9.17, 15) is 17.6 Å². The van der Waals surface area contributed by atoms with Gasteiger partial charge >= 0.3 is 0 Å². The summed E-state index contributed by atoms with van der Waals surface area (Å²) in [5.74, 6) is -0.388. The molecule has 0 aliphatic heterocycles. The minimum absolute atomic E-state index is 0.145. The second kappa shape index (κ2) is 9.50. The Bertz CT molecular complexity index is 1010. The fourth-order valence-corrected chi connectivity index (χ4v) is 4.17. The lowest BCUT2D eigenvalue weighted by atomic mass is 10.2. The van der Waals surface area contributed by atoms with Crippen LogP contribution in [-0.4, -0.2) is 21.8 Å². The van der Waals surface area contributed by atoms with Crippen LogP contribution in [0.3, 0.4) is 0 Å². The number of rotatable bonds is 5. The molecule has 142 valence electrons. The first-order chi connectivity index (χ1) is 12.9. The third kappa shape index (κ3) is 6.06.